The lowest BCUT2D eigenvalue weighted by atomic mass is 9.86. The van der Waals surface area contributed by atoms with E-state index < -0.39 is 6.10 Å². The van der Waals surface area contributed by atoms with Gasteiger partial charge >= 0.3 is 0 Å². The molecule has 2 aromatic carbocycles. The quantitative estimate of drug-likeness (QED) is 0.898. The smallest absolute Gasteiger partial charge is 0.127 e. The number of hydrogen-bond donors (Lipinski definition) is 1. The summed E-state index contributed by atoms with van der Waals surface area (Å²) >= 11 is 5.75. The van der Waals surface area contributed by atoms with Crippen LogP contribution in [-0.2, 0) is 11.8 Å². The summed E-state index contributed by atoms with van der Waals surface area (Å²) in [6.07, 6.45) is 1.65. The van der Waals surface area contributed by atoms with Gasteiger partial charge in [-0.3, -0.25) is 0 Å². The lowest BCUT2D eigenvalue weighted by Crippen LogP contribution is -2.28. The van der Waals surface area contributed by atoms with Crippen LogP contribution in [0.5, 0.6) is 0 Å². The average Bonchev–Trinajstić information content (AvgIpc) is 3.24. The molecule has 0 aromatic heterocycles. The van der Waals surface area contributed by atoms with Gasteiger partial charge in [0.05, 0.1) is 6.10 Å². The van der Waals surface area contributed by atoms with Crippen molar-refractivity contribution in [1.29, 1.82) is 0 Å². The summed E-state index contributed by atoms with van der Waals surface area (Å²) in [5, 5.41) is 10.9. The van der Waals surface area contributed by atoms with Gasteiger partial charge in [-0.05, 0) is 36.1 Å². The first-order chi connectivity index (χ1) is 9.62. The van der Waals surface area contributed by atoms with Crippen LogP contribution in [-0.4, -0.2) is 11.2 Å². The van der Waals surface area contributed by atoms with Gasteiger partial charge in [0, 0.05) is 16.9 Å². The molecule has 1 atom stereocenters. The first-order valence-corrected chi connectivity index (χ1v) is 7.17. The molecule has 0 spiro atoms. The van der Waals surface area contributed by atoms with E-state index in [0.29, 0.717) is 17.0 Å². The minimum atomic E-state index is -0.569. The summed E-state index contributed by atoms with van der Waals surface area (Å²) in [7, 11) is 0. The monoisotopic (exact) mass is 290 g/mol. The summed E-state index contributed by atoms with van der Waals surface area (Å²) < 4.78 is 13.8. The standard InChI is InChI=1S/C17H16ClFO/c18-14-7-6-12(15(19)11-14)10-16(20)17(8-9-17)13-4-2-1-3-5-13/h1-7,11,16,20H,8-10H2. The largest absolute Gasteiger partial charge is 0.392 e. The number of hydrogen-bond acceptors (Lipinski definition) is 1. The Hall–Kier alpha value is -1.38. The van der Waals surface area contributed by atoms with Crippen LogP contribution in [0.2, 0.25) is 5.02 Å². The number of aliphatic hydroxyl groups is 1. The molecule has 0 amide bonds. The van der Waals surface area contributed by atoms with Crippen molar-refractivity contribution < 1.29 is 9.50 Å². The van der Waals surface area contributed by atoms with E-state index in [0.717, 1.165) is 18.4 Å². The maximum absolute atomic E-state index is 13.8. The van der Waals surface area contributed by atoms with Crippen LogP contribution in [0.15, 0.2) is 48.5 Å². The van der Waals surface area contributed by atoms with Gasteiger partial charge in [-0.2, -0.15) is 0 Å². The molecule has 1 N–H and O–H groups in total. The second kappa shape index (κ2) is 5.19. The molecule has 0 heterocycles. The van der Waals surface area contributed by atoms with Crippen molar-refractivity contribution in [1.82, 2.24) is 0 Å². The van der Waals surface area contributed by atoms with E-state index in [9.17, 15) is 9.50 Å². The Morgan fingerprint density at radius 2 is 1.85 bits per heavy atom. The number of halogens is 2. The van der Waals surface area contributed by atoms with Gasteiger partial charge in [-0.15, -0.1) is 0 Å². The van der Waals surface area contributed by atoms with Gasteiger partial charge in [-0.25, -0.2) is 4.39 Å². The molecule has 1 nitrogen and oxygen atoms in total. The molecule has 0 radical (unpaired) electrons. The molecule has 1 unspecified atom stereocenters. The van der Waals surface area contributed by atoms with Crippen molar-refractivity contribution in [2.45, 2.75) is 30.8 Å². The summed E-state index contributed by atoms with van der Waals surface area (Å²) in [4.78, 5) is 0. The second-order valence-electron chi connectivity index (χ2n) is 5.48. The van der Waals surface area contributed by atoms with Crippen molar-refractivity contribution in [2.24, 2.45) is 0 Å². The molecule has 2 aromatic rings. The summed E-state index contributed by atoms with van der Waals surface area (Å²) in [5.41, 5.74) is 1.46. The zero-order valence-corrected chi connectivity index (χ0v) is 11.8. The van der Waals surface area contributed by atoms with Gasteiger partial charge in [0.15, 0.2) is 0 Å². The molecule has 20 heavy (non-hydrogen) atoms. The molecule has 104 valence electrons. The van der Waals surface area contributed by atoms with E-state index >= 15 is 0 Å². The Bertz CT molecular complexity index is 608. The van der Waals surface area contributed by atoms with E-state index in [-0.39, 0.29) is 11.2 Å². The van der Waals surface area contributed by atoms with Gasteiger partial charge < -0.3 is 5.11 Å². The molecule has 3 heteroatoms. The summed E-state index contributed by atoms with van der Waals surface area (Å²) in [6.45, 7) is 0. The maximum Gasteiger partial charge on any atom is 0.127 e. The third-order valence-electron chi connectivity index (χ3n) is 4.20. The molecule has 3 rings (SSSR count). The van der Waals surface area contributed by atoms with E-state index in [1.807, 2.05) is 30.3 Å². The highest BCUT2D eigenvalue weighted by Crippen LogP contribution is 2.51. The van der Waals surface area contributed by atoms with Crippen LogP contribution >= 0.6 is 11.6 Å². The Balaban J connectivity index is 1.81. The Morgan fingerprint density at radius 3 is 2.45 bits per heavy atom. The fraction of sp³-hybridized carbons (Fsp3) is 0.294. The third kappa shape index (κ3) is 2.46. The highest BCUT2D eigenvalue weighted by Gasteiger charge is 2.50. The number of benzene rings is 2. The Kier molecular flexibility index (Phi) is 3.53. The topological polar surface area (TPSA) is 20.2 Å². The van der Waals surface area contributed by atoms with Crippen molar-refractivity contribution in [3.8, 4) is 0 Å². The normalized spacial score (nSPS) is 17.8. The zero-order chi connectivity index (χ0) is 14.2. The van der Waals surface area contributed by atoms with Crippen molar-refractivity contribution in [2.75, 3.05) is 0 Å². The van der Waals surface area contributed by atoms with E-state index in [4.69, 9.17) is 11.6 Å². The molecule has 0 bridgehead atoms. The van der Waals surface area contributed by atoms with Crippen LogP contribution in [0.1, 0.15) is 24.0 Å². The van der Waals surface area contributed by atoms with E-state index in [2.05, 4.69) is 0 Å². The predicted molar refractivity (Wildman–Crippen MR) is 78.5 cm³/mol. The fourth-order valence-corrected chi connectivity index (χ4v) is 2.97. The van der Waals surface area contributed by atoms with Crippen molar-refractivity contribution in [3.05, 3.63) is 70.5 Å². The van der Waals surface area contributed by atoms with E-state index in [1.165, 1.54) is 6.07 Å². The van der Waals surface area contributed by atoms with Gasteiger partial charge in [-0.1, -0.05) is 48.0 Å². The number of rotatable bonds is 4. The summed E-state index contributed by atoms with van der Waals surface area (Å²) in [6, 6.07) is 14.6. The lowest BCUT2D eigenvalue weighted by Gasteiger charge is -2.23. The highest BCUT2D eigenvalue weighted by molar-refractivity contribution is 6.30. The number of aliphatic hydroxyl groups excluding tert-OH is 1. The molecular formula is C17H16ClFO. The molecule has 1 saturated carbocycles. The van der Waals surface area contributed by atoms with Crippen molar-refractivity contribution in [3.63, 3.8) is 0 Å². The molecule has 0 aliphatic heterocycles. The first-order valence-electron chi connectivity index (χ1n) is 6.79. The molecule has 1 aliphatic rings. The Labute approximate surface area is 123 Å². The van der Waals surface area contributed by atoms with Gasteiger partial charge in [0.25, 0.3) is 0 Å². The van der Waals surface area contributed by atoms with Gasteiger partial charge in [0.1, 0.15) is 5.82 Å². The molecular weight excluding hydrogens is 275 g/mol. The predicted octanol–water partition coefficient (Wildman–Crippen LogP) is 4.11. The summed E-state index contributed by atoms with van der Waals surface area (Å²) in [5.74, 6) is -0.347. The van der Waals surface area contributed by atoms with Gasteiger partial charge in [0.2, 0.25) is 0 Å². The maximum atomic E-state index is 13.8. The zero-order valence-electron chi connectivity index (χ0n) is 11.0. The minimum Gasteiger partial charge on any atom is -0.392 e. The van der Waals surface area contributed by atoms with Crippen LogP contribution < -0.4 is 0 Å². The van der Waals surface area contributed by atoms with Crippen LogP contribution in [0, 0.1) is 5.82 Å². The molecule has 0 saturated heterocycles. The fourth-order valence-electron chi connectivity index (χ4n) is 2.81. The Morgan fingerprint density at radius 1 is 1.15 bits per heavy atom. The SMILES string of the molecule is OC(Cc1ccc(Cl)cc1F)C1(c2ccccc2)CC1. The van der Waals surface area contributed by atoms with E-state index in [1.54, 1.807) is 12.1 Å². The third-order valence-corrected chi connectivity index (χ3v) is 4.44. The van der Waals surface area contributed by atoms with Crippen LogP contribution in [0.4, 0.5) is 4.39 Å². The van der Waals surface area contributed by atoms with Crippen molar-refractivity contribution >= 4 is 11.6 Å². The highest BCUT2D eigenvalue weighted by atomic mass is 35.5. The minimum absolute atomic E-state index is 0.201. The first kappa shape index (κ1) is 13.6. The molecule has 1 aliphatic carbocycles. The van der Waals surface area contributed by atoms with Crippen LogP contribution in [0.3, 0.4) is 0 Å². The average molecular weight is 291 g/mol. The molecule has 1 fully saturated rings. The lowest BCUT2D eigenvalue weighted by molar-refractivity contribution is 0.130. The van der Waals surface area contributed by atoms with Crippen LogP contribution in [0.25, 0.3) is 0 Å². The second-order valence-corrected chi connectivity index (χ2v) is 5.91.